The monoisotopic (exact) mass is 421 g/mol. The Bertz CT molecular complexity index is 1010. The lowest BCUT2D eigenvalue weighted by Gasteiger charge is -2.20. The summed E-state index contributed by atoms with van der Waals surface area (Å²) in [6.07, 6.45) is 0.370. The zero-order valence-electron chi connectivity index (χ0n) is 16.9. The number of amides is 2. The van der Waals surface area contributed by atoms with Crippen LogP contribution in [0.1, 0.15) is 15.9 Å². The summed E-state index contributed by atoms with van der Waals surface area (Å²) in [5.74, 6) is -0.607. The van der Waals surface area contributed by atoms with Gasteiger partial charge >= 0.3 is 0 Å². The highest BCUT2D eigenvalue weighted by atomic mass is 35.5. The van der Waals surface area contributed by atoms with Crippen molar-refractivity contribution in [2.24, 2.45) is 0 Å². The smallest absolute Gasteiger partial charge is 0.251 e. The van der Waals surface area contributed by atoms with Gasteiger partial charge in [-0.3, -0.25) is 9.59 Å². The molecule has 0 aromatic heterocycles. The van der Waals surface area contributed by atoms with Gasteiger partial charge in [-0.1, -0.05) is 60.1 Å². The highest BCUT2D eigenvalue weighted by molar-refractivity contribution is 6.33. The van der Waals surface area contributed by atoms with E-state index in [0.717, 1.165) is 11.3 Å². The van der Waals surface area contributed by atoms with E-state index in [0.29, 0.717) is 22.7 Å². The van der Waals surface area contributed by atoms with E-state index in [4.69, 9.17) is 11.6 Å². The topological polar surface area (TPSA) is 61.4 Å². The summed E-state index contributed by atoms with van der Waals surface area (Å²) in [6, 6.07) is 23.0. The van der Waals surface area contributed by atoms with Crippen LogP contribution in [0.25, 0.3) is 0 Å². The molecule has 3 aromatic carbocycles. The summed E-state index contributed by atoms with van der Waals surface area (Å²) in [4.78, 5) is 27.6. The molecule has 3 rings (SSSR count). The molecule has 154 valence electrons. The maximum absolute atomic E-state index is 13.0. The molecule has 0 fully saturated rings. The summed E-state index contributed by atoms with van der Waals surface area (Å²) in [6.45, 7) is 0. The van der Waals surface area contributed by atoms with Crippen molar-refractivity contribution in [1.29, 1.82) is 0 Å². The molecule has 1 atom stereocenters. The van der Waals surface area contributed by atoms with Crippen LogP contribution < -0.4 is 15.5 Å². The van der Waals surface area contributed by atoms with E-state index < -0.39 is 6.04 Å². The average molecular weight is 422 g/mol. The number of benzene rings is 3. The molecule has 2 N–H and O–H groups in total. The van der Waals surface area contributed by atoms with E-state index in [1.165, 1.54) is 0 Å². The average Bonchev–Trinajstić information content (AvgIpc) is 2.74. The predicted molar refractivity (Wildman–Crippen MR) is 122 cm³/mol. The molecule has 0 bridgehead atoms. The fourth-order valence-corrected chi connectivity index (χ4v) is 3.42. The van der Waals surface area contributed by atoms with Gasteiger partial charge in [-0.05, 0) is 35.9 Å². The van der Waals surface area contributed by atoms with Crippen LogP contribution in [0, 0.1) is 0 Å². The first-order valence-electron chi connectivity index (χ1n) is 9.61. The molecule has 30 heavy (non-hydrogen) atoms. The molecule has 3 aromatic rings. The summed E-state index contributed by atoms with van der Waals surface area (Å²) in [5, 5.41) is 6.26. The Morgan fingerprint density at radius 2 is 1.57 bits per heavy atom. The summed E-state index contributed by atoms with van der Waals surface area (Å²) in [5.41, 5.74) is 2.88. The minimum Gasteiger partial charge on any atom is -0.376 e. The summed E-state index contributed by atoms with van der Waals surface area (Å²) >= 11 is 6.32. The van der Waals surface area contributed by atoms with Crippen molar-refractivity contribution >= 4 is 34.8 Å². The second-order valence-electron chi connectivity index (χ2n) is 7.13. The van der Waals surface area contributed by atoms with Crippen LogP contribution in [0.4, 0.5) is 11.4 Å². The van der Waals surface area contributed by atoms with Gasteiger partial charge in [0.2, 0.25) is 5.91 Å². The highest BCUT2D eigenvalue weighted by Crippen LogP contribution is 2.27. The van der Waals surface area contributed by atoms with Crippen molar-refractivity contribution in [2.75, 3.05) is 24.3 Å². The SMILES string of the molecule is CN(C)c1ccc(NC(=O)C(Cc2ccccc2)NC(=O)c2ccccc2)cc1Cl. The number of halogens is 1. The van der Waals surface area contributed by atoms with Gasteiger partial charge in [0.05, 0.1) is 10.7 Å². The molecule has 0 aliphatic carbocycles. The predicted octanol–water partition coefficient (Wildman–Crippen LogP) is 4.39. The molecular formula is C24H24ClN3O2. The van der Waals surface area contributed by atoms with Gasteiger partial charge in [-0.25, -0.2) is 0 Å². The lowest BCUT2D eigenvalue weighted by Crippen LogP contribution is -2.45. The van der Waals surface area contributed by atoms with Crippen molar-refractivity contribution in [3.05, 3.63) is 95.0 Å². The Morgan fingerprint density at radius 1 is 0.933 bits per heavy atom. The van der Waals surface area contributed by atoms with Crippen molar-refractivity contribution in [3.63, 3.8) is 0 Å². The first-order chi connectivity index (χ1) is 14.4. The third kappa shape index (κ3) is 5.61. The fourth-order valence-electron chi connectivity index (χ4n) is 3.07. The molecule has 0 aliphatic heterocycles. The molecular weight excluding hydrogens is 398 g/mol. The number of anilines is 2. The quantitative estimate of drug-likeness (QED) is 0.595. The van der Waals surface area contributed by atoms with Gasteiger partial charge in [-0.2, -0.15) is 0 Å². The molecule has 0 radical (unpaired) electrons. The van der Waals surface area contributed by atoms with E-state index in [1.807, 2.05) is 61.5 Å². The molecule has 5 nitrogen and oxygen atoms in total. The number of hydrogen-bond donors (Lipinski definition) is 2. The Morgan fingerprint density at radius 3 is 2.17 bits per heavy atom. The van der Waals surface area contributed by atoms with Gasteiger partial charge in [0.1, 0.15) is 6.04 Å². The highest BCUT2D eigenvalue weighted by Gasteiger charge is 2.22. The maximum Gasteiger partial charge on any atom is 0.251 e. The summed E-state index contributed by atoms with van der Waals surface area (Å²) < 4.78 is 0. The number of nitrogens with zero attached hydrogens (tertiary/aromatic N) is 1. The lowest BCUT2D eigenvalue weighted by atomic mass is 10.0. The third-order valence-electron chi connectivity index (χ3n) is 4.64. The number of rotatable bonds is 7. The molecule has 0 heterocycles. The zero-order valence-corrected chi connectivity index (χ0v) is 17.7. The number of hydrogen-bond acceptors (Lipinski definition) is 3. The van der Waals surface area contributed by atoms with E-state index in [-0.39, 0.29) is 11.8 Å². The minimum atomic E-state index is -0.743. The summed E-state index contributed by atoms with van der Waals surface area (Å²) in [7, 11) is 3.79. The van der Waals surface area contributed by atoms with Gasteiger partial charge in [0.15, 0.2) is 0 Å². The number of nitrogens with one attached hydrogen (secondary N) is 2. The number of carbonyl (C=O) groups excluding carboxylic acids is 2. The van der Waals surface area contributed by atoms with Crippen molar-refractivity contribution < 1.29 is 9.59 Å². The third-order valence-corrected chi connectivity index (χ3v) is 4.94. The van der Waals surface area contributed by atoms with Crippen LogP contribution in [0.3, 0.4) is 0 Å². The Balaban J connectivity index is 1.79. The molecule has 0 aliphatic rings. The normalized spacial score (nSPS) is 11.4. The molecule has 0 spiro atoms. The van der Waals surface area contributed by atoms with Crippen LogP contribution >= 0.6 is 11.6 Å². The largest absolute Gasteiger partial charge is 0.376 e. The van der Waals surface area contributed by atoms with Crippen molar-refractivity contribution in [2.45, 2.75) is 12.5 Å². The van der Waals surface area contributed by atoms with Crippen molar-refractivity contribution in [3.8, 4) is 0 Å². The van der Waals surface area contributed by atoms with E-state index in [2.05, 4.69) is 10.6 Å². The Labute approximate surface area is 181 Å². The van der Waals surface area contributed by atoms with E-state index in [1.54, 1.807) is 36.4 Å². The van der Waals surface area contributed by atoms with Crippen molar-refractivity contribution in [1.82, 2.24) is 5.32 Å². The molecule has 1 unspecified atom stereocenters. The Hall–Kier alpha value is -3.31. The van der Waals surface area contributed by atoms with Gasteiger partial charge in [0.25, 0.3) is 5.91 Å². The van der Waals surface area contributed by atoms with E-state index in [9.17, 15) is 9.59 Å². The molecule has 6 heteroatoms. The van der Waals surface area contributed by atoms with Gasteiger partial charge in [0, 0.05) is 31.8 Å². The first-order valence-corrected chi connectivity index (χ1v) is 9.99. The molecule has 0 saturated carbocycles. The maximum atomic E-state index is 13.0. The van der Waals surface area contributed by atoms with Gasteiger partial charge < -0.3 is 15.5 Å². The standard InChI is InChI=1S/C24H24ClN3O2/c1-28(2)22-14-13-19(16-20(22)25)26-24(30)21(15-17-9-5-3-6-10-17)27-23(29)18-11-7-4-8-12-18/h3-14,16,21H,15H2,1-2H3,(H,26,30)(H,27,29). The van der Waals surface area contributed by atoms with Crippen LogP contribution in [-0.4, -0.2) is 32.0 Å². The van der Waals surface area contributed by atoms with E-state index >= 15 is 0 Å². The minimum absolute atomic E-state index is 0.298. The molecule has 2 amide bonds. The van der Waals surface area contributed by atoms with Crippen LogP contribution in [0.5, 0.6) is 0 Å². The van der Waals surface area contributed by atoms with Crippen LogP contribution in [0.15, 0.2) is 78.9 Å². The molecule has 0 saturated heterocycles. The van der Waals surface area contributed by atoms with Crippen LogP contribution in [-0.2, 0) is 11.2 Å². The fraction of sp³-hybridized carbons (Fsp3) is 0.167. The number of carbonyl (C=O) groups is 2. The second-order valence-corrected chi connectivity index (χ2v) is 7.54. The van der Waals surface area contributed by atoms with Crippen LogP contribution in [0.2, 0.25) is 5.02 Å². The second kappa shape index (κ2) is 9.94. The van der Waals surface area contributed by atoms with Gasteiger partial charge in [-0.15, -0.1) is 0 Å². The first kappa shape index (κ1) is 21.4. The Kier molecular flexibility index (Phi) is 7.09. The lowest BCUT2D eigenvalue weighted by molar-refractivity contribution is -0.118. The zero-order chi connectivity index (χ0) is 21.5.